The van der Waals surface area contributed by atoms with Crippen LogP contribution in [-0.4, -0.2) is 32.0 Å². The van der Waals surface area contributed by atoms with E-state index < -0.39 is 7.60 Å². The number of aliphatic imine (C=N–C) groups is 1. The van der Waals surface area contributed by atoms with Crippen LogP contribution in [0.5, 0.6) is 0 Å². The van der Waals surface area contributed by atoms with Gasteiger partial charge in [0.1, 0.15) is 6.29 Å². The smallest absolute Gasteiger partial charge is 0.352 e. The highest BCUT2D eigenvalue weighted by Gasteiger charge is 2.23. The minimum atomic E-state index is -3.23. The fourth-order valence-corrected chi connectivity index (χ4v) is 2.24. The first-order valence-electron chi connectivity index (χ1n) is 5.07. The number of hydrogen-bond donors (Lipinski definition) is 0. The van der Waals surface area contributed by atoms with E-state index in [1.807, 2.05) is 0 Å². The van der Waals surface area contributed by atoms with Crippen LogP contribution in [0.15, 0.2) is 4.99 Å². The van der Waals surface area contributed by atoms with Crippen molar-refractivity contribution in [2.45, 2.75) is 20.8 Å². The van der Waals surface area contributed by atoms with Crippen molar-refractivity contribution >= 4 is 13.5 Å². The van der Waals surface area contributed by atoms with Crippen molar-refractivity contribution in [3.05, 3.63) is 0 Å². The Bertz CT molecular complexity index is 301. The van der Waals surface area contributed by atoms with Crippen LogP contribution in [0.2, 0.25) is 0 Å². The Labute approximate surface area is 95.8 Å². The molecule has 0 aliphatic rings. The van der Waals surface area contributed by atoms with E-state index in [2.05, 4.69) is 4.99 Å². The Hall–Kier alpha value is -0.890. The first-order chi connectivity index (χ1) is 7.61. The molecule has 0 aliphatic heterocycles. The van der Waals surface area contributed by atoms with E-state index in [4.69, 9.17) is 19.0 Å². The number of rotatable bonds is 7. The topological polar surface area (TPSA) is 80.9 Å². The minimum absolute atomic E-state index is 0.109. The monoisotopic (exact) mass is 248 g/mol. The van der Waals surface area contributed by atoms with Crippen LogP contribution < -0.4 is 0 Å². The van der Waals surface area contributed by atoms with E-state index in [-0.39, 0.29) is 25.4 Å². The van der Waals surface area contributed by atoms with Gasteiger partial charge in [-0.3, -0.25) is 4.57 Å². The molecule has 0 saturated heterocycles. The zero-order valence-electron chi connectivity index (χ0n) is 9.80. The molecule has 92 valence electrons. The van der Waals surface area contributed by atoms with Crippen molar-refractivity contribution in [2.24, 2.45) is 4.99 Å². The zero-order chi connectivity index (χ0) is 12.4. The van der Waals surface area contributed by atoms with Crippen molar-refractivity contribution in [1.29, 1.82) is 5.26 Å². The van der Waals surface area contributed by atoms with Crippen LogP contribution >= 0.6 is 7.60 Å². The fraction of sp³-hybridized carbons (Fsp3) is 0.778. The molecule has 7 heteroatoms. The summed E-state index contributed by atoms with van der Waals surface area (Å²) >= 11 is 0. The molecule has 0 unspecified atom stereocenters. The molecule has 6 nitrogen and oxygen atoms in total. The van der Waals surface area contributed by atoms with Crippen LogP contribution in [-0.2, 0) is 18.3 Å². The maximum Gasteiger partial charge on any atom is 0.352 e. The average Bonchev–Trinajstić information content (AvgIpc) is 2.25. The van der Waals surface area contributed by atoms with Gasteiger partial charge in [0, 0.05) is 0 Å². The molecule has 0 spiro atoms. The molecule has 0 radical (unpaired) electrons. The number of ether oxygens (including phenoxy) is 1. The molecule has 0 fully saturated rings. The third kappa shape index (κ3) is 5.86. The summed E-state index contributed by atoms with van der Waals surface area (Å²) < 4.78 is 26.8. The summed E-state index contributed by atoms with van der Waals surface area (Å²) in [4.78, 5) is 3.76. The number of hydrogen-bond acceptors (Lipinski definition) is 6. The van der Waals surface area contributed by atoms with E-state index in [9.17, 15) is 4.57 Å². The molecule has 16 heavy (non-hydrogen) atoms. The second-order valence-electron chi connectivity index (χ2n) is 2.60. The normalized spacial score (nSPS) is 12.2. The third-order valence-corrected chi connectivity index (χ3v) is 3.21. The lowest BCUT2D eigenvalue weighted by atomic mass is 10.7. The summed E-state index contributed by atoms with van der Waals surface area (Å²) in [5.74, 6) is -0.109. The van der Waals surface area contributed by atoms with Crippen LogP contribution in [0.4, 0.5) is 0 Å². The molecule has 0 bridgehead atoms. The minimum Gasteiger partial charge on any atom is -0.470 e. The molecule has 0 N–H and O–H groups in total. The van der Waals surface area contributed by atoms with Gasteiger partial charge in [0.15, 0.2) is 6.07 Å². The van der Waals surface area contributed by atoms with E-state index in [1.165, 1.54) is 0 Å². The molecule has 0 aromatic rings. The third-order valence-electron chi connectivity index (χ3n) is 1.42. The van der Waals surface area contributed by atoms with Crippen LogP contribution in [0, 0.1) is 11.3 Å². The SMILES string of the molecule is CCO/C(C#N)=N/CP(=O)(OCC)OCC. The van der Waals surface area contributed by atoms with Crippen molar-refractivity contribution in [3.8, 4) is 6.07 Å². The Kier molecular flexibility index (Phi) is 7.82. The predicted octanol–water partition coefficient (Wildman–Crippen LogP) is 2.17. The predicted molar refractivity (Wildman–Crippen MR) is 60.4 cm³/mol. The van der Waals surface area contributed by atoms with Gasteiger partial charge in [-0.2, -0.15) is 5.26 Å². The van der Waals surface area contributed by atoms with E-state index in [1.54, 1.807) is 26.8 Å². The summed E-state index contributed by atoms with van der Waals surface area (Å²) in [7, 11) is -3.23. The van der Waals surface area contributed by atoms with Crippen LogP contribution in [0.25, 0.3) is 0 Å². The summed E-state index contributed by atoms with van der Waals surface area (Å²) in [6, 6.07) is 1.76. The van der Waals surface area contributed by atoms with Crippen LogP contribution in [0.1, 0.15) is 20.8 Å². The zero-order valence-corrected chi connectivity index (χ0v) is 10.7. The number of nitriles is 1. The van der Waals surface area contributed by atoms with E-state index in [0.29, 0.717) is 6.61 Å². The van der Waals surface area contributed by atoms with Gasteiger partial charge >= 0.3 is 7.60 Å². The Morgan fingerprint density at radius 1 is 1.25 bits per heavy atom. The molecule has 0 atom stereocenters. The lowest BCUT2D eigenvalue weighted by Crippen LogP contribution is -2.05. The molecule has 0 rings (SSSR count). The lowest BCUT2D eigenvalue weighted by Gasteiger charge is -2.14. The highest BCUT2D eigenvalue weighted by Crippen LogP contribution is 2.47. The Morgan fingerprint density at radius 2 is 1.81 bits per heavy atom. The van der Waals surface area contributed by atoms with E-state index in [0.717, 1.165) is 0 Å². The quantitative estimate of drug-likeness (QED) is 0.392. The van der Waals surface area contributed by atoms with E-state index >= 15 is 0 Å². The van der Waals surface area contributed by atoms with Gasteiger partial charge < -0.3 is 13.8 Å². The van der Waals surface area contributed by atoms with Gasteiger partial charge in [-0.1, -0.05) is 0 Å². The van der Waals surface area contributed by atoms with Crippen LogP contribution in [0.3, 0.4) is 0 Å². The van der Waals surface area contributed by atoms with Gasteiger partial charge in [0.05, 0.1) is 19.8 Å². The van der Waals surface area contributed by atoms with Crippen molar-refractivity contribution in [2.75, 3.05) is 26.1 Å². The molecule has 0 saturated carbocycles. The molecule has 0 aromatic carbocycles. The highest BCUT2D eigenvalue weighted by molar-refractivity contribution is 7.53. The fourth-order valence-electron chi connectivity index (χ4n) is 0.913. The highest BCUT2D eigenvalue weighted by atomic mass is 31.2. The van der Waals surface area contributed by atoms with Gasteiger partial charge in [-0.25, -0.2) is 4.99 Å². The molecule has 0 aromatic heterocycles. The van der Waals surface area contributed by atoms with Crippen molar-refractivity contribution in [1.82, 2.24) is 0 Å². The maximum absolute atomic E-state index is 11.9. The van der Waals surface area contributed by atoms with Gasteiger partial charge in [0.25, 0.3) is 5.90 Å². The Morgan fingerprint density at radius 3 is 2.19 bits per heavy atom. The standard InChI is InChI=1S/C9H17N2O4P/c1-4-13-9(7-10)11-8-16(12,14-5-2)15-6-3/h4-6,8H2,1-3H3/b11-9+. The molecule has 0 amide bonds. The van der Waals surface area contributed by atoms with Gasteiger partial charge in [0.2, 0.25) is 0 Å². The van der Waals surface area contributed by atoms with Gasteiger partial charge in [-0.15, -0.1) is 0 Å². The average molecular weight is 248 g/mol. The first kappa shape index (κ1) is 15.1. The largest absolute Gasteiger partial charge is 0.470 e. The van der Waals surface area contributed by atoms with Crippen molar-refractivity contribution < 1.29 is 18.3 Å². The number of nitrogens with zero attached hydrogens (tertiary/aromatic N) is 2. The lowest BCUT2D eigenvalue weighted by molar-refractivity contribution is 0.220. The molecular formula is C9H17N2O4P. The second kappa shape index (κ2) is 8.28. The summed E-state index contributed by atoms with van der Waals surface area (Å²) in [5, 5.41) is 8.64. The van der Waals surface area contributed by atoms with Crippen molar-refractivity contribution in [3.63, 3.8) is 0 Å². The molecule has 0 heterocycles. The summed E-state index contributed by atoms with van der Waals surface area (Å²) in [6.07, 6.45) is -0.197. The Balaban J connectivity index is 4.51. The molecular weight excluding hydrogens is 231 g/mol. The summed E-state index contributed by atoms with van der Waals surface area (Å²) in [6.45, 7) is 6.02. The second-order valence-corrected chi connectivity index (χ2v) is 4.62. The molecule has 0 aliphatic carbocycles. The van der Waals surface area contributed by atoms with Gasteiger partial charge in [-0.05, 0) is 20.8 Å². The maximum atomic E-state index is 11.9. The first-order valence-corrected chi connectivity index (χ1v) is 6.80. The summed E-state index contributed by atoms with van der Waals surface area (Å²) in [5.41, 5.74) is 0.